The number of nitrogens with zero attached hydrogens (tertiary/aromatic N) is 1. The van der Waals surface area contributed by atoms with Crippen LogP contribution in [0.5, 0.6) is 0 Å². The minimum Gasteiger partial charge on any atom is -0.453 e. The zero-order valence-corrected chi connectivity index (χ0v) is 11.5. The summed E-state index contributed by atoms with van der Waals surface area (Å²) < 4.78 is 4.62. The predicted octanol–water partition coefficient (Wildman–Crippen LogP) is 1.34. The molecule has 19 heavy (non-hydrogen) atoms. The van der Waals surface area contributed by atoms with Gasteiger partial charge in [-0.3, -0.25) is 0 Å². The third-order valence-electron chi connectivity index (χ3n) is 3.38. The largest absolute Gasteiger partial charge is 0.453 e. The van der Waals surface area contributed by atoms with Crippen molar-refractivity contribution in [1.29, 1.82) is 0 Å². The van der Waals surface area contributed by atoms with E-state index in [-0.39, 0.29) is 12.1 Å². The van der Waals surface area contributed by atoms with Crippen molar-refractivity contribution in [3.63, 3.8) is 0 Å². The van der Waals surface area contributed by atoms with Gasteiger partial charge in [-0.2, -0.15) is 0 Å². The molecule has 1 aliphatic rings. The second-order valence-electron chi connectivity index (χ2n) is 4.76. The van der Waals surface area contributed by atoms with Crippen LogP contribution in [-0.4, -0.2) is 39.4 Å². The summed E-state index contributed by atoms with van der Waals surface area (Å²) in [7, 11) is 3.33. The number of carbonyl (C=O) groups excluding carboxylic acids is 1. The predicted molar refractivity (Wildman–Crippen MR) is 75.4 cm³/mol. The molecule has 1 aromatic rings. The van der Waals surface area contributed by atoms with Crippen LogP contribution < -0.4 is 15.5 Å². The highest BCUT2D eigenvalue weighted by molar-refractivity contribution is 5.67. The van der Waals surface area contributed by atoms with Gasteiger partial charge in [0.15, 0.2) is 0 Å². The van der Waals surface area contributed by atoms with Crippen LogP contribution in [0.2, 0.25) is 0 Å². The van der Waals surface area contributed by atoms with Crippen molar-refractivity contribution in [1.82, 2.24) is 10.6 Å². The molecule has 2 N–H and O–H groups in total. The molecule has 1 heterocycles. The van der Waals surface area contributed by atoms with Crippen LogP contribution in [-0.2, 0) is 11.3 Å². The molecule has 5 nitrogen and oxygen atoms in total. The highest BCUT2D eigenvalue weighted by Gasteiger charge is 2.24. The van der Waals surface area contributed by atoms with Gasteiger partial charge in [-0.1, -0.05) is 12.1 Å². The molecular formula is C14H21N3O2. The van der Waals surface area contributed by atoms with Gasteiger partial charge in [-0.05, 0) is 31.2 Å². The van der Waals surface area contributed by atoms with E-state index in [4.69, 9.17) is 0 Å². The zero-order valence-electron chi connectivity index (χ0n) is 11.5. The number of methoxy groups -OCH3 is 1. The molecule has 104 valence electrons. The van der Waals surface area contributed by atoms with Gasteiger partial charge in [0.25, 0.3) is 0 Å². The Hall–Kier alpha value is -1.75. The number of hydrogen-bond donors (Lipinski definition) is 2. The Morgan fingerprint density at radius 2 is 2.16 bits per heavy atom. The van der Waals surface area contributed by atoms with Gasteiger partial charge in [0.05, 0.1) is 13.2 Å². The third-order valence-corrected chi connectivity index (χ3v) is 3.38. The van der Waals surface area contributed by atoms with E-state index in [2.05, 4.69) is 44.5 Å². The summed E-state index contributed by atoms with van der Waals surface area (Å²) in [6.07, 6.45) is 0.601. The minimum absolute atomic E-state index is 0.171. The number of carbonyl (C=O) groups is 1. The fourth-order valence-electron chi connectivity index (χ4n) is 2.37. The van der Waals surface area contributed by atoms with E-state index >= 15 is 0 Å². The van der Waals surface area contributed by atoms with Crippen molar-refractivity contribution in [2.45, 2.75) is 19.0 Å². The van der Waals surface area contributed by atoms with E-state index in [0.29, 0.717) is 0 Å². The Morgan fingerprint density at radius 3 is 2.79 bits per heavy atom. The van der Waals surface area contributed by atoms with Gasteiger partial charge >= 0.3 is 6.09 Å². The lowest BCUT2D eigenvalue weighted by Crippen LogP contribution is -2.36. The number of anilines is 1. The van der Waals surface area contributed by atoms with Crippen molar-refractivity contribution in [2.24, 2.45) is 0 Å². The fourth-order valence-corrected chi connectivity index (χ4v) is 2.37. The first-order chi connectivity index (χ1) is 9.22. The lowest BCUT2D eigenvalue weighted by Gasteiger charge is -2.19. The average molecular weight is 263 g/mol. The molecule has 0 saturated carbocycles. The molecule has 1 unspecified atom stereocenters. The quantitative estimate of drug-likeness (QED) is 0.861. The van der Waals surface area contributed by atoms with Crippen molar-refractivity contribution in [3.8, 4) is 0 Å². The molecule has 5 heteroatoms. The number of ether oxygens (including phenoxy) is 1. The summed E-state index contributed by atoms with van der Waals surface area (Å²) in [6.45, 7) is 2.67. The maximum absolute atomic E-state index is 11.2. The minimum atomic E-state index is -0.351. The van der Waals surface area contributed by atoms with E-state index < -0.39 is 0 Å². The molecule has 0 radical (unpaired) electrons. The van der Waals surface area contributed by atoms with Crippen LogP contribution in [0.4, 0.5) is 10.5 Å². The molecule has 1 aliphatic heterocycles. The summed E-state index contributed by atoms with van der Waals surface area (Å²) >= 11 is 0. The molecule has 2 rings (SSSR count). The second-order valence-corrected chi connectivity index (χ2v) is 4.76. The molecule has 1 saturated heterocycles. The zero-order chi connectivity index (χ0) is 13.7. The first-order valence-corrected chi connectivity index (χ1v) is 6.56. The lowest BCUT2D eigenvalue weighted by atomic mass is 10.2. The molecule has 0 aliphatic carbocycles. The number of rotatable bonds is 4. The van der Waals surface area contributed by atoms with Crippen molar-refractivity contribution >= 4 is 11.8 Å². The number of amides is 1. The van der Waals surface area contributed by atoms with E-state index in [1.807, 2.05) is 7.05 Å². The maximum Gasteiger partial charge on any atom is 0.407 e. The van der Waals surface area contributed by atoms with Gasteiger partial charge in [-0.15, -0.1) is 0 Å². The fraction of sp³-hybridized carbons (Fsp3) is 0.500. The van der Waals surface area contributed by atoms with Crippen LogP contribution >= 0.6 is 0 Å². The Bertz CT molecular complexity index is 419. The van der Waals surface area contributed by atoms with Crippen LogP contribution in [0.3, 0.4) is 0 Å². The maximum atomic E-state index is 11.2. The van der Waals surface area contributed by atoms with Crippen LogP contribution in [0, 0.1) is 0 Å². The van der Waals surface area contributed by atoms with Gasteiger partial charge in [0.2, 0.25) is 0 Å². The summed E-state index contributed by atoms with van der Waals surface area (Å²) in [6, 6.07) is 8.70. The summed E-state index contributed by atoms with van der Waals surface area (Å²) in [5, 5.41) is 5.98. The van der Waals surface area contributed by atoms with E-state index in [0.717, 1.165) is 26.1 Å². The topological polar surface area (TPSA) is 53.6 Å². The normalized spacial score (nSPS) is 18.4. The Labute approximate surface area is 113 Å². The van der Waals surface area contributed by atoms with Crippen LogP contribution in [0.25, 0.3) is 0 Å². The van der Waals surface area contributed by atoms with E-state index in [9.17, 15) is 4.79 Å². The lowest BCUT2D eigenvalue weighted by molar-refractivity contribution is 0.167. The van der Waals surface area contributed by atoms with Crippen molar-refractivity contribution < 1.29 is 9.53 Å². The molecule has 0 aromatic heterocycles. The summed E-state index contributed by atoms with van der Waals surface area (Å²) in [4.78, 5) is 13.5. The van der Waals surface area contributed by atoms with Gasteiger partial charge in [0, 0.05) is 25.3 Å². The Morgan fingerprint density at radius 1 is 1.42 bits per heavy atom. The molecule has 1 atom stereocenters. The van der Waals surface area contributed by atoms with Gasteiger partial charge < -0.3 is 20.3 Å². The molecular weight excluding hydrogens is 242 g/mol. The Balaban J connectivity index is 1.91. The smallest absolute Gasteiger partial charge is 0.407 e. The number of nitrogens with one attached hydrogen (secondary N) is 2. The highest BCUT2D eigenvalue weighted by Crippen LogP contribution is 2.20. The first-order valence-electron chi connectivity index (χ1n) is 6.56. The molecule has 1 fully saturated rings. The van der Waals surface area contributed by atoms with Gasteiger partial charge in [-0.25, -0.2) is 4.79 Å². The summed E-state index contributed by atoms with van der Waals surface area (Å²) in [5.41, 5.74) is 2.48. The SMILES string of the molecule is CNCc1ccc(N2CCC(NC(=O)OC)C2)cc1. The van der Waals surface area contributed by atoms with Crippen LogP contribution in [0.1, 0.15) is 12.0 Å². The van der Waals surface area contributed by atoms with Crippen molar-refractivity contribution in [3.05, 3.63) is 29.8 Å². The number of alkyl carbamates (subject to hydrolysis) is 1. The van der Waals surface area contributed by atoms with E-state index in [1.165, 1.54) is 18.4 Å². The molecule has 1 aromatic carbocycles. The highest BCUT2D eigenvalue weighted by atomic mass is 16.5. The number of hydrogen-bond acceptors (Lipinski definition) is 4. The van der Waals surface area contributed by atoms with Crippen molar-refractivity contribution in [2.75, 3.05) is 32.1 Å². The number of benzene rings is 1. The van der Waals surface area contributed by atoms with E-state index in [1.54, 1.807) is 0 Å². The first kappa shape index (κ1) is 13.7. The Kier molecular flexibility index (Phi) is 4.63. The van der Waals surface area contributed by atoms with Crippen LogP contribution in [0.15, 0.2) is 24.3 Å². The average Bonchev–Trinajstić information content (AvgIpc) is 2.88. The second kappa shape index (κ2) is 6.43. The molecule has 1 amide bonds. The molecule has 0 spiro atoms. The standard InChI is InChI=1S/C14H21N3O2/c1-15-9-11-3-5-13(6-4-11)17-8-7-12(10-17)16-14(18)19-2/h3-6,12,15H,7-10H2,1-2H3,(H,16,18). The monoisotopic (exact) mass is 263 g/mol. The summed E-state index contributed by atoms with van der Waals surface area (Å²) in [5.74, 6) is 0. The molecule has 0 bridgehead atoms. The van der Waals surface area contributed by atoms with Gasteiger partial charge in [0.1, 0.15) is 0 Å². The third kappa shape index (κ3) is 3.61.